The van der Waals surface area contributed by atoms with Gasteiger partial charge >= 0.3 is 0 Å². The first-order chi connectivity index (χ1) is 14.2. The van der Waals surface area contributed by atoms with Crippen LogP contribution in [-0.4, -0.2) is 39.6 Å². The third kappa shape index (κ3) is 6.73. The number of nitrogens with one attached hydrogen (secondary N) is 2. The van der Waals surface area contributed by atoms with Gasteiger partial charge in [-0.15, -0.1) is 6.58 Å². The van der Waals surface area contributed by atoms with Gasteiger partial charge in [0.15, 0.2) is 0 Å². The Morgan fingerprint density at radius 3 is 2.40 bits per heavy atom. The number of amides is 2. The van der Waals surface area contributed by atoms with Crippen molar-refractivity contribution in [3.05, 3.63) is 72.3 Å². The normalized spacial score (nSPS) is 10.9. The quantitative estimate of drug-likeness (QED) is 0.567. The first-order valence-electron chi connectivity index (χ1n) is 9.54. The second-order valence-electron chi connectivity index (χ2n) is 6.87. The van der Waals surface area contributed by atoms with Crippen LogP contribution in [0.2, 0.25) is 0 Å². The SMILES string of the molecule is C=CCNC(=O)c1ccccc1NC(=O)CCCN(c1ccc(C)cc1)S(C)(=O)=O. The highest BCUT2D eigenvalue weighted by atomic mass is 32.2. The molecule has 2 aromatic rings. The van der Waals surface area contributed by atoms with Crippen LogP contribution < -0.4 is 14.9 Å². The lowest BCUT2D eigenvalue weighted by Crippen LogP contribution is -2.31. The minimum Gasteiger partial charge on any atom is -0.349 e. The van der Waals surface area contributed by atoms with Gasteiger partial charge in [-0.2, -0.15) is 0 Å². The molecule has 2 N–H and O–H groups in total. The standard InChI is InChI=1S/C22H27N3O4S/c1-4-15-23-22(27)19-8-5-6-9-20(19)24-21(26)10-7-16-25(30(3,28)29)18-13-11-17(2)12-14-18/h4-6,8-9,11-14H,1,7,10,15-16H2,2-3H3,(H,23,27)(H,24,26). The van der Waals surface area contributed by atoms with Crippen molar-refractivity contribution in [2.24, 2.45) is 0 Å². The second-order valence-corrected chi connectivity index (χ2v) is 8.77. The van der Waals surface area contributed by atoms with Crippen LogP contribution >= 0.6 is 0 Å². The van der Waals surface area contributed by atoms with E-state index in [-0.39, 0.29) is 24.8 Å². The van der Waals surface area contributed by atoms with Crippen LogP contribution in [0.25, 0.3) is 0 Å². The van der Waals surface area contributed by atoms with Gasteiger partial charge in [0.2, 0.25) is 15.9 Å². The van der Waals surface area contributed by atoms with Gasteiger partial charge in [-0.25, -0.2) is 8.42 Å². The van der Waals surface area contributed by atoms with E-state index in [1.165, 1.54) is 4.31 Å². The van der Waals surface area contributed by atoms with E-state index in [4.69, 9.17) is 0 Å². The number of carbonyl (C=O) groups is 2. The molecule has 0 radical (unpaired) electrons. The highest BCUT2D eigenvalue weighted by molar-refractivity contribution is 7.92. The minimum absolute atomic E-state index is 0.112. The molecule has 2 rings (SSSR count). The number of benzene rings is 2. The fourth-order valence-corrected chi connectivity index (χ4v) is 3.81. The molecule has 0 aliphatic carbocycles. The average molecular weight is 430 g/mol. The lowest BCUT2D eigenvalue weighted by atomic mass is 10.1. The summed E-state index contributed by atoms with van der Waals surface area (Å²) in [5.74, 6) is -0.607. The lowest BCUT2D eigenvalue weighted by molar-refractivity contribution is -0.116. The Hall–Kier alpha value is -3.13. The topological polar surface area (TPSA) is 95.6 Å². The Kier molecular flexibility index (Phi) is 8.17. The Balaban J connectivity index is 1.99. The van der Waals surface area contributed by atoms with Crippen molar-refractivity contribution in [2.75, 3.05) is 29.0 Å². The Morgan fingerprint density at radius 1 is 1.10 bits per heavy atom. The first kappa shape index (κ1) is 23.2. The maximum atomic E-state index is 12.4. The summed E-state index contributed by atoms with van der Waals surface area (Å²) >= 11 is 0. The maximum Gasteiger partial charge on any atom is 0.253 e. The third-order valence-corrected chi connectivity index (χ3v) is 5.53. The van der Waals surface area contributed by atoms with E-state index in [0.717, 1.165) is 11.8 Å². The summed E-state index contributed by atoms with van der Waals surface area (Å²) in [6.07, 6.45) is 3.16. The van der Waals surface area contributed by atoms with E-state index in [9.17, 15) is 18.0 Å². The molecular weight excluding hydrogens is 402 g/mol. The third-order valence-electron chi connectivity index (χ3n) is 4.34. The summed E-state index contributed by atoms with van der Waals surface area (Å²) in [5.41, 5.74) is 2.35. The van der Waals surface area contributed by atoms with Crippen molar-refractivity contribution < 1.29 is 18.0 Å². The Labute approximate surface area is 177 Å². The fourth-order valence-electron chi connectivity index (χ4n) is 2.84. The van der Waals surface area contributed by atoms with Crippen LogP contribution in [0.1, 0.15) is 28.8 Å². The van der Waals surface area contributed by atoms with E-state index in [1.807, 2.05) is 19.1 Å². The van der Waals surface area contributed by atoms with Crippen molar-refractivity contribution in [2.45, 2.75) is 19.8 Å². The van der Waals surface area contributed by atoms with Gasteiger partial charge in [0.25, 0.3) is 5.91 Å². The maximum absolute atomic E-state index is 12.4. The number of para-hydroxylation sites is 1. The van der Waals surface area contributed by atoms with Crippen LogP contribution in [0, 0.1) is 6.92 Å². The van der Waals surface area contributed by atoms with Crippen molar-refractivity contribution in [3.63, 3.8) is 0 Å². The first-order valence-corrected chi connectivity index (χ1v) is 11.4. The van der Waals surface area contributed by atoms with E-state index < -0.39 is 10.0 Å². The molecule has 0 aromatic heterocycles. The van der Waals surface area contributed by atoms with Crippen LogP contribution in [0.3, 0.4) is 0 Å². The van der Waals surface area contributed by atoms with Crippen LogP contribution in [0.5, 0.6) is 0 Å². The van der Waals surface area contributed by atoms with E-state index in [0.29, 0.717) is 29.9 Å². The van der Waals surface area contributed by atoms with Gasteiger partial charge in [0.1, 0.15) is 0 Å². The number of hydrogen-bond donors (Lipinski definition) is 2. The Morgan fingerprint density at radius 2 is 1.77 bits per heavy atom. The number of sulfonamides is 1. The zero-order valence-electron chi connectivity index (χ0n) is 17.2. The molecule has 0 saturated heterocycles. The molecule has 30 heavy (non-hydrogen) atoms. The van der Waals surface area contributed by atoms with Gasteiger partial charge in [-0.1, -0.05) is 35.9 Å². The highest BCUT2D eigenvalue weighted by Crippen LogP contribution is 2.19. The summed E-state index contributed by atoms with van der Waals surface area (Å²) in [6, 6.07) is 13.9. The summed E-state index contributed by atoms with van der Waals surface area (Å²) in [7, 11) is -3.47. The summed E-state index contributed by atoms with van der Waals surface area (Å²) in [4.78, 5) is 24.6. The van der Waals surface area contributed by atoms with Crippen molar-refractivity contribution in [1.82, 2.24) is 5.32 Å². The predicted octanol–water partition coefficient (Wildman–Crippen LogP) is 3.10. The number of aryl methyl sites for hydroxylation is 1. The Bertz CT molecular complexity index is 1000. The molecule has 160 valence electrons. The summed E-state index contributed by atoms with van der Waals surface area (Å²) in [5, 5.41) is 5.41. The highest BCUT2D eigenvalue weighted by Gasteiger charge is 2.18. The zero-order chi connectivity index (χ0) is 22.1. The molecule has 0 aliphatic rings. The van der Waals surface area contributed by atoms with Gasteiger partial charge in [0, 0.05) is 19.5 Å². The predicted molar refractivity (Wildman–Crippen MR) is 120 cm³/mol. The van der Waals surface area contributed by atoms with Gasteiger partial charge in [-0.05, 0) is 37.6 Å². The van der Waals surface area contributed by atoms with E-state index >= 15 is 0 Å². The number of hydrogen-bond acceptors (Lipinski definition) is 4. The molecule has 0 unspecified atom stereocenters. The lowest BCUT2D eigenvalue weighted by Gasteiger charge is -2.22. The zero-order valence-corrected chi connectivity index (χ0v) is 18.0. The number of anilines is 2. The van der Waals surface area contributed by atoms with Gasteiger partial charge in [-0.3, -0.25) is 13.9 Å². The van der Waals surface area contributed by atoms with Crippen LogP contribution in [0.15, 0.2) is 61.2 Å². The van der Waals surface area contributed by atoms with E-state index in [2.05, 4.69) is 17.2 Å². The molecule has 8 heteroatoms. The molecule has 0 aliphatic heterocycles. The molecule has 0 atom stereocenters. The molecule has 0 fully saturated rings. The largest absolute Gasteiger partial charge is 0.349 e. The monoisotopic (exact) mass is 429 g/mol. The molecule has 2 aromatic carbocycles. The average Bonchev–Trinajstić information content (AvgIpc) is 2.70. The van der Waals surface area contributed by atoms with Crippen molar-refractivity contribution >= 4 is 33.2 Å². The summed E-state index contributed by atoms with van der Waals surface area (Å²) in [6.45, 7) is 5.98. The van der Waals surface area contributed by atoms with E-state index in [1.54, 1.807) is 42.5 Å². The number of carbonyl (C=O) groups excluding carboxylic acids is 2. The fraction of sp³-hybridized carbons (Fsp3) is 0.273. The van der Waals surface area contributed by atoms with Gasteiger partial charge in [0.05, 0.1) is 23.2 Å². The second kappa shape index (κ2) is 10.6. The molecule has 0 bridgehead atoms. The smallest absolute Gasteiger partial charge is 0.253 e. The summed E-state index contributed by atoms with van der Waals surface area (Å²) < 4.78 is 25.6. The van der Waals surface area contributed by atoms with Crippen LogP contribution in [-0.2, 0) is 14.8 Å². The molecule has 0 heterocycles. The van der Waals surface area contributed by atoms with Gasteiger partial charge < -0.3 is 10.6 Å². The number of nitrogens with zero attached hydrogens (tertiary/aromatic N) is 1. The van der Waals surface area contributed by atoms with Crippen molar-refractivity contribution in [3.8, 4) is 0 Å². The molecule has 0 spiro atoms. The van der Waals surface area contributed by atoms with Crippen LogP contribution in [0.4, 0.5) is 11.4 Å². The molecular formula is C22H27N3O4S. The molecule has 7 nitrogen and oxygen atoms in total. The number of rotatable bonds is 10. The molecule has 0 saturated carbocycles. The molecule has 2 amide bonds. The minimum atomic E-state index is -3.47. The van der Waals surface area contributed by atoms with Crippen molar-refractivity contribution in [1.29, 1.82) is 0 Å².